The van der Waals surface area contributed by atoms with E-state index in [0.29, 0.717) is 16.1 Å². The summed E-state index contributed by atoms with van der Waals surface area (Å²) in [5, 5.41) is 2.77. The van der Waals surface area contributed by atoms with Gasteiger partial charge in [0.15, 0.2) is 5.78 Å². The average Bonchev–Trinajstić information content (AvgIpc) is 2.85. The predicted octanol–water partition coefficient (Wildman–Crippen LogP) is 2.45. The molecule has 0 spiro atoms. The van der Waals surface area contributed by atoms with Gasteiger partial charge < -0.3 is 11.1 Å². The molecule has 1 aromatic carbocycles. The molecule has 5 heteroatoms. The molecule has 0 unspecified atom stereocenters. The van der Waals surface area contributed by atoms with Gasteiger partial charge in [-0.2, -0.15) is 0 Å². The van der Waals surface area contributed by atoms with Crippen LogP contribution in [0.2, 0.25) is 0 Å². The van der Waals surface area contributed by atoms with Crippen LogP contribution in [-0.2, 0) is 0 Å². The van der Waals surface area contributed by atoms with Gasteiger partial charge >= 0.3 is 0 Å². The van der Waals surface area contributed by atoms with Crippen molar-refractivity contribution in [3.8, 4) is 0 Å². The molecule has 0 radical (unpaired) electrons. The Labute approximate surface area is 115 Å². The molecule has 0 saturated carbocycles. The molecule has 0 saturated heterocycles. The summed E-state index contributed by atoms with van der Waals surface area (Å²) < 4.78 is 0. The molecule has 0 fully saturated rings. The zero-order chi connectivity index (χ0) is 13.8. The fourth-order valence-electron chi connectivity index (χ4n) is 1.64. The molecular weight excluding hydrogens is 260 g/mol. The Hall–Kier alpha value is -1.98. The van der Waals surface area contributed by atoms with Crippen molar-refractivity contribution in [2.24, 2.45) is 5.73 Å². The Kier molecular flexibility index (Phi) is 4.09. The van der Waals surface area contributed by atoms with Gasteiger partial charge in [-0.1, -0.05) is 12.1 Å². The molecule has 2 aromatic rings. The second kappa shape index (κ2) is 5.77. The lowest BCUT2D eigenvalue weighted by atomic mass is 10.1. The molecule has 2 rings (SSSR count). The van der Waals surface area contributed by atoms with Crippen molar-refractivity contribution >= 4 is 28.7 Å². The topological polar surface area (TPSA) is 72.2 Å². The molecule has 0 aliphatic carbocycles. The van der Waals surface area contributed by atoms with E-state index in [1.807, 2.05) is 13.0 Å². The number of hydrogen-bond acceptors (Lipinski definition) is 4. The molecular formula is C14H14N2O2S. The second-order valence-electron chi connectivity index (χ2n) is 4.07. The summed E-state index contributed by atoms with van der Waals surface area (Å²) in [6.45, 7) is 1.91. The standard InChI is InChI=1S/C14H14N2O2S/c1-9-5-6-13(19-9)14(18)16-11-4-2-3-10(7-11)12(17)8-15/h2-7H,8,15H2,1H3,(H,16,18). The van der Waals surface area contributed by atoms with Crippen LogP contribution in [0.5, 0.6) is 0 Å². The first-order valence-corrected chi connectivity index (χ1v) is 6.63. The number of hydrogen-bond donors (Lipinski definition) is 2. The maximum atomic E-state index is 12.0. The molecule has 1 amide bonds. The van der Waals surface area contributed by atoms with Crippen molar-refractivity contribution in [2.75, 3.05) is 11.9 Å². The molecule has 19 heavy (non-hydrogen) atoms. The van der Waals surface area contributed by atoms with E-state index in [1.54, 1.807) is 30.3 Å². The van der Waals surface area contributed by atoms with Gasteiger partial charge in [-0.15, -0.1) is 11.3 Å². The van der Waals surface area contributed by atoms with Crippen LogP contribution in [0.15, 0.2) is 36.4 Å². The number of thiophene rings is 1. The van der Waals surface area contributed by atoms with Crippen molar-refractivity contribution in [1.29, 1.82) is 0 Å². The zero-order valence-corrected chi connectivity index (χ0v) is 11.3. The molecule has 98 valence electrons. The van der Waals surface area contributed by atoms with Crippen LogP contribution in [0, 0.1) is 6.92 Å². The number of ketones is 1. The van der Waals surface area contributed by atoms with E-state index in [-0.39, 0.29) is 18.2 Å². The van der Waals surface area contributed by atoms with Crippen LogP contribution >= 0.6 is 11.3 Å². The summed E-state index contributed by atoms with van der Waals surface area (Å²) in [5.74, 6) is -0.321. The van der Waals surface area contributed by atoms with Gasteiger partial charge in [0.1, 0.15) is 0 Å². The number of rotatable bonds is 4. The average molecular weight is 274 g/mol. The van der Waals surface area contributed by atoms with E-state index in [4.69, 9.17) is 5.73 Å². The van der Waals surface area contributed by atoms with Gasteiger partial charge in [0, 0.05) is 16.1 Å². The first kappa shape index (κ1) is 13.5. The highest BCUT2D eigenvalue weighted by Crippen LogP contribution is 2.18. The van der Waals surface area contributed by atoms with Crippen LogP contribution in [0.3, 0.4) is 0 Å². The Morgan fingerprint density at radius 3 is 2.68 bits per heavy atom. The lowest BCUT2D eigenvalue weighted by Gasteiger charge is -2.05. The molecule has 1 aromatic heterocycles. The third kappa shape index (κ3) is 3.27. The largest absolute Gasteiger partial charge is 0.324 e. The van der Waals surface area contributed by atoms with Crippen molar-refractivity contribution in [2.45, 2.75) is 6.92 Å². The van der Waals surface area contributed by atoms with Crippen LogP contribution in [0.1, 0.15) is 24.9 Å². The Balaban J connectivity index is 2.15. The highest BCUT2D eigenvalue weighted by molar-refractivity contribution is 7.14. The summed E-state index contributed by atoms with van der Waals surface area (Å²) in [6, 6.07) is 10.5. The number of Topliss-reactive ketones (excluding diaryl/α,β-unsaturated/α-hetero) is 1. The molecule has 4 nitrogen and oxygen atoms in total. The number of nitrogens with two attached hydrogens (primary N) is 1. The first-order valence-electron chi connectivity index (χ1n) is 5.81. The number of nitrogens with one attached hydrogen (secondary N) is 1. The zero-order valence-electron chi connectivity index (χ0n) is 10.5. The SMILES string of the molecule is Cc1ccc(C(=O)Nc2cccc(C(=O)CN)c2)s1. The van der Waals surface area contributed by atoms with E-state index in [1.165, 1.54) is 11.3 Å². The molecule has 0 bridgehead atoms. The van der Waals surface area contributed by atoms with Gasteiger partial charge in [0.05, 0.1) is 11.4 Å². The Morgan fingerprint density at radius 1 is 1.26 bits per heavy atom. The van der Waals surface area contributed by atoms with Crippen molar-refractivity contribution in [3.05, 3.63) is 51.7 Å². The quantitative estimate of drug-likeness (QED) is 0.841. The number of anilines is 1. The Morgan fingerprint density at radius 2 is 2.05 bits per heavy atom. The number of amides is 1. The van der Waals surface area contributed by atoms with Gasteiger partial charge in [-0.25, -0.2) is 0 Å². The van der Waals surface area contributed by atoms with Gasteiger partial charge in [-0.3, -0.25) is 9.59 Å². The van der Waals surface area contributed by atoms with Crippen molar-refractivity contribution < 1.29 is 9.59 Å². The van der Waals surface area contributed by atoms with Crippen LogP contribution in [0.4, 0.5) is 5.69 Å². The highest BCUT2D eigenvalue weighted by atomic mass is 32.1. The minimum absolute atomic E-state index is 0.0402. The third-order valence-corrected chi connectivity index (χ3v) is 3.59. The van der Waals surface area contributed by atoms with Crippen LogP contribution < -0.4 is 11.1 Å². The second-order valence-corrected chi connectivity index (χ2v) is 5.36. The first-order chi connectivity index (χ1) is 9.10. The molecule has 0 aliphatic heterocycles. The van der Waals surface area contributed by atoms with Crippen LogP contribution in [-0.4, -0.2) is 18.2 Å². The van der Waals surface area contributed by atoms with E-state index in [0.717, 1.165) is 4.88 Å². The number of aryl methyl sites for hydroxylation is 1. The summed E-state index contributed by atoms with van der Waals surface area (Å²) in [4.78, 5) is 25.2. The fraction of sp³-hybridized carbons (Fsp3) is 0.143. The van der Waals surface area contributed by atoms with Gasteiger partial charge in [0.2, 0.25) is 0 Å². The molecule has 0 aliphatic rings. The molecule has 3 N–H and O–H groups in total. The van der Waals surface area contributed by atoms with E-state index in [2.05, 4.69) is 5.32 Å². The molecule has 0 atom stereocenters. The molecule has 1 heterocycles. The predicted molar refractivity (Wildman–Crippen MR) is 76.8 cm³/mol. The minimum Gasteiger partial charge on any atom is -0.324 e. The number of benzene rings is 1. The third-order valence-electron chi connectivity index (χ3n) is 2.59. The highest BCUT2D eigenvalue weighted by Gasteiger charge is 2.09. The summed E-state index contributed by atoms with van der Waals surface area (Å²) in [7, 11) is 0. The number of carbonyl (C=O) groups excluding carboxylic acids is 2. The minimum atomic E-state index is -0.171. The normalized spacial score (nSPS) is 10.2. The summed E-state index contributed by atoms with van der Waals surface area (Å²) in [5.41, 5.74) is 6.41. The van der Waals surface area contributed by atoms with Gasteiger partial charge in [-0.05, 0) is 31.2 Å². The monoisotopic (exact) mass is 274 g/mol. The van der Waals surface area contributed by atoms with E-state index < -0.39 is 0 Å². The van der Waals surface area contributed by atoms with Crippen molar-refractivity contribution in [1.82, 2.24) is 0 Å². The summed E-state index contributed by atoms with van der Waals surface area (Å²) in [6.07, 6.45) is 0. The van der Waals surface area contributed by atoms with E-state index in [9.17, 15) is 9.59 Å². The Bertz CT molecular complexity index is 619. The van der Waals surface area contributed by atoms with Gasteiger partial charge in [0.25, 0.3) is 5.91 Å². The summed E-state index contributed by atoms with van der Waals surface area (Å²) >= 11 is 1.43. The lowest BCUT2D eigenvalue weighted by molar-refractivity contribution is 0.0998. The smallest absolute Gasteiger partial charge is 0.265 e. The fourth-order valence-corrected chi connectivity index (χ4v) is 2.40. The number of carbonyl (C=O) groups is 2. The maximum absolute atomic E-state index is 12.0. The van der Waals surface area contributed by atoms with E-state index >= 15 is 0 Å². The van der Waals surface area contributed by atoms with Crippen molar-refractivity contribution in [3.63, 3.8) is 0 Å². The van der Waals surface area contributed by atoms with Crippen LogP contribution in [0.25, 0.3) is 0 Å². The maximum Gasteiger partial charge on any atom is 0.265 e. The lowest BCUT2D eigenvalue weighted by Crippen LogP contribution is -2.14.